The van der Waals surface area contributed by atoms with Crippen molar-refractivity contribution >= 4 is 35.6 Å². The summed E-state index contributed by atoms with van der Waals surface area (Å²) in [6, 6.07) is -4.49. The summed E-state index contributed by atoms with van der Waals surface area (Å²) in [5.41, 5.74) is 16.4. The highest BCUT2D eigenvalue weighted by Crippen LogP contribution is 2.12. The summed E-state index contributed by atoms with van der Waals surface area (Å²) in [5.74, 6) is -5.21. The predicted molar refractivity (Wildman–Crippen MR) is 137 cm³/mol. The van der Waals surface area contributed by atoms with Gasteiger partial charge in [0.25, 0.3) is 0 Å². The normalized spacial score (nSPS) is 15.7. The lowest BCUT2D eigenvalue weighted by molar-refractivity contribution is -0.144. The third-order valence-electron chi connectivity index (χ3n) is 6.15. The number of guanidine groups is 1. The van der Waals surface area contributed by atoms with Crippen LogP contribution in [-0.2, 0) is 24.0 Å². The van der Waals surface area contributed by atoms with Crippen LogP contribution in [0.3, 0.4) is 0 Å². The highest BCUT2D eigenvalue weighted by Gasteiger charge is 2.33. The number of carbonyl (C=O) groups excluding carboxylic acids is 3. The molecule has 0 aliphatic rings. The fraction of sp³-hybridized carbons (Fsp3) is 0.739. The van der Waals surface area contributed by atoms with Gasteiger partial charge in [-0.2, -0.15) is 0 Å². The van der Waals surface area contributed by atoms with Gasteiger partial charge < -0.3 is 43.4 Å². The maximum Gasteiger partial charge on any atom is 0.326 e. The van der Waals surface area contributed by atoms with Crippen molar-refractivity contribution < 1.29 is 34.2 Å². The SMILES string of the molecule is CCC(C)C(NC(=O)C(CCCN=C(N)N)NC(=O)C(NC(=O)C(N)CCC(=O)O)C(C)CC)C(=O)O. The van der Waals surface area contributed by atoms with E-state index in [4.69, 9.17) is 22.3 Å². The summed E-state index contributed by atoms with van der Waals surface area (Å²) in [4.78, 5) is 65.1. The lowest BCUT2D eigenvalue weighted by Crippen LogP contribution is -2.59. The van der Waals surface area contributed by atoms with E-state index in [1.807, 2.05) is 6.92 Å². The fourth-order valence-electron chi connectivity index (χ4n) is 3.34. The van der Waals surface area contributed by atoms with Gasteiger partial charge in [-0.25, -0.2) is 4.79 Å². The van der Waals surface area contributed by atoms with Crippen LogP contribution in [0.5, 0.6) is 0 Å². The molecule has 37 heavy (non-hydrogen) atoms. The van der Waals surface area contributed by atoms with Gasteiger partial charge >= 0.3 is 11.9 Å². The average Bonchev–Trinajstić information content (AvgIpc) is 2.84. The van der Waals surface area contributed by atoms with E-state index in [9.17, 15) is 29.1 Å². The number of hydrogen-bond donors (Lipinski definition) is 8. The van der Waals surface area contributed by atoms with Gasteiger partial charge in [0.05, 0.1) is 6.04 Å². The zero-order valence-corrected chi connectivity index (χ0v) is 22.0. The number of aliphatic imine (C=N–C) groups is 1. The summed E-state index contributed by atoms with van der Waals surface area (Å²) in [5, 5.41) is 26.0. The molecule has 6 atom stereocenters. The second-order valence-electron chi connectivity index (χ2n) is 9.13. The Kier molecular flexibility index (Phi) is 15.5. The lowest BCUT2D eigenvalue weighted by Gasteiger charge is -2.28. The molecule has 0 aromatic rings. The summed E-state index contributed by atoms with van der Waals surface area (Å²) in [6.45, 7) is 7.20. The van der Waals surface area contributed by atoms with Crippen LogP contribution in [0.25, 0.3) is 0 Å². The molecule has 0 aliphatic carbocycles. The second-order valence-corrected chi connectivity index (χ2v) is 9.13. The molecule has 0 heterocycles. The number of nitrogens with one attached hydrogen (secondary N) is 3. The molecular formula is C23H43N7O7. The molecule has 0 radical (unpaired) electrons. The average molecular weight is 530 g/mol. The third-order valence-corrected chi connectivity index (χ3v) is 6.15. The topological polar surface area (TPSA) is 252 Å². The van der Waals surface area contributed by atoms with E-state index in [1.165, 1.54) is 0 Å². The van der Waals surface area contributed by atoms with Crippen LogP contribution >= 0.6 is 0 Å². The summed E-state index contributed by atoms with van der Waals surface area (Å²) in [6.07, 6.45) is 0.978. The number of carboxylic acid groups (broad SMARTS) is 2. The first-order chi connectivity index (χ1) is 17.2. The van der Waals surface area contributed by atoms with Crippen LogP contribution in [0.1, 0.15) is 66.2 Å². The number of rotatable bonds is 18. The van der Waals surface area contributed by atoms with Crippen LogP contribution in [-0.4, -0.2) is 76.5 Å². The highest BCUT2D eigenvalue weighted by atomic mass is 16.4. The van der Waals surface area contributed by atoms with Gasteiger partial charge in [-0.05, 0) is 31.1 Å². The largest absolute Gasteiger partial charge is 0.481 e. The molecule has 0 rings (SSSR count). The van der Waals surface area contributed by atoms with Crippen LogP contribution in [0.4, 0.5) is 0 Å². The zero-order valence-electron chi connectivity index (χ0n) is 22.0. The number of hydrogen-bond acceptors (Lipinski definition) is 7. The van der Waals surface area contributed by atoms with Gasteiger partial charge in [0.15, 0.2) is 5.96 Å². The number of nitrogens with two attached hydrogens (primary N) is 3. The molecule has 212 valence electrons. The molecule has 0 saturated carbocycles. The fourth-order valence-corrected chi connectivity index (χ4v) is 3.34. The molecule has 14 heteroatoms. The quantitative estimate of drug-likeness (QED) is 0.0601. The van der Waals surface area contributed by atoms with Crippen molar-refractivity contribution in [2.45, 2.75) is 90.4 Å². The van der Waals surface area contributed by atoms with Crippen LogP contribution in [0.15, 0.2) is 4.99 Å². The summed E-state index contributed by atoms with van der Waals surface area (Å²) < 4.78 is 0. The Morgan fingerprint density at radius 1 is 0.811 bits per heavy atom. The minimum Gasteiger partial charge on any atom is -0.481 e. The molecule has 14 nitrogen and oxygen atoms in total. The lowest BCUT2D eigenvalue weighted by atomic mass is 9.96. The Morgan fingerprint density at radius 2 is 1.35 bits per heavy atom. The maximum atomic E-state index is 13.2. The van der Waals surface area contributed by atoms with Crippen LogP contribution < -0.4 is 33.2 Å². The van der Waals surface area contributed by atoms with E-state index in [2.05, 4.69) is 20.9 Å². The van der Waals surface area contributed by atoms with Crippen molar-refractivity contribution in [3.05, 3.63) is 0 Å². The Balaban J connectivity index is 5.71. The summed E-state index contributed by atoms with van der Waals surface area (Å²) in [7, 11) is 0. The molecule has 6 unspecified atom stereocenters. The van der Waals surface area contributed by atoms with Gasteiger partial charge in [0, 0.05) is 13.0 Å². The molecule has 11 N–H and O–H groups in total. The standard InChI is InChI=1S/C23H43N7O7/c1-5-12(3)17(29-19(33)14(24)9-10-16(31)32)21(35)28-15(8-7-11-27-23(25)26)20(34)30-18(22(36)37)13(4)6-2/h12-15,17-18H,5-11,24H2,1-4H3,(H,28,35)(H,29,33)(H,30,34)(H,31,32)(H,36,37)(H4,25,26,27). The van der Waals surface area contributed by atoms with E-state index in [0.29, 0.717) is 19.3 Å². The smallest absolute Gasteiger partial charge is 0.326 e. The van der Waals surface area contributed by atoms with E-state index >= 15 is 0 Å². The predicted octanol–water partition coefficient (Wildman–Crippen LogP) is -1.14. The maximum absolute atomic E-state index is 13.2. The van der Waals surface area contributed by atoms with Crippen molar-refractivity contribution in [1.29, 1.82) is 0 Å². The number of aliphatic carboxylic acids is 2. The first-order valence-electron chi connectivity index (χ1n) is 12.4. The van der Waals surface area contributed by atoms with Gasteiger partial charge in [-0.15, -0.1) is 0 Å². The first kappa shape index (κ1) is 33.6. The van der Waals surface area contributed by atoms with Crippen LogP contribution in [0.2, 0.25) is 0 Å². The second kappa shape index (κ2) is 17.1. The number of amides is 3. The van der Waals surface area contributed by atoms with Crippen LogP contribution in [0, 0.1) is 11.8 Å². The van der Waals surface area contributed by atoms with Crippen molar-refractivity contribution in [1.82, 2.24) is 16.0 Å². The molecule has 0 saturated heterocycles. The van der Waals surface area contributed by atoms with Gasteiger partial charge in [-0.1, -0.05) is 40.5 Å². The molecule has 0 spiro atoms. The molecule has 0 aliphatic heterocycles. The van der Waals surface area contributed by atoms with Gasteiger partial charge in [0.2, 0.25) is 17.7 Å². The minimum atomic E-state index is -1.20. The molecule has 0 fully saturated rings. The number of carbonyl (C=O) groups is 5. The summed E-state index contributed by atoms with van der Waals surface area (Å²) >= 11 is 0. The Morgan fingerprint density at radius 3 is 1.84 bits per heavy atom. The molecule has 0 bridgehead atoms. The van der Waals surface area contributed by atoms with Gasteiger partial charge in [0.1, 0.15) is 18.1 Å². The molecule has 0 aromatic heterocycles. The van der Waals surface area contributed by atoms with E-state index in [0.717, 1.165) is 0 Å². The van der Waals surface area contributed by atoms with Crippen molar-refractivity contribution in [2.24, 2.45) is 34.0 Å². The number of carboxylic acids is 2. The van der Waals surface area contributed by atoms with Crippen molar-refractivity contribution in [3.8, 4) is 0 Å². The first-order valence-corrected chi connectivity index (χ1v) is 12.4. The van der Waals surface area contributed by atoms with E-state index in [1.54, 1.807) is 20.8 Å². The Labute approximate surface area is 217 Å². The zero-order chi connectivity index (χ0) is 28.7. The number of nitrogens with zero attached hydrogens (tertiary/aromatic N) is 1. The van der Waals surface area contributed by atoms with Crippen molar-refractivity contribution in [2.75, 3.05) is 6.54 Å². The van der Waals surface area contributed by atoms with E-state index in [-0.39, 0.29) is 43.6 Å². The van der Waals surface area contributed by atoms with Crippen molar-refractivity contribution in [3.63, 3.8) is 0 Å². The monoisotopic (exact) mass is 529 g/mol. The third kappa shape index (κ3) is 12.9. The Hall–Kier alpha value is -3.42. The Bertz CT molecular complexity index is 817. The highest BCUT2D eigenvalue weighted by molar-refractivity contribution is 5.94. The minimum absolute atomic E-state index is 0.0977. The molecule has 3 amide bonds. The molecule has 0 aromatic carbocycles. The van der Waals surface area contributed by atoms with Gasteiger partial charge in [-0.3, -0.25) is 24.2 Å². The molecular weight excluding hydrogens is 486 g/mol. The van der Waals surface area contributed by atoms with E-state index < -0.39 is 53.8 Å².